The molecule has 0 saturated carbocycles. The Hall–Kier alpha value is -0.486. The van der Waals surface area contributed by atoms with Crippen molar-refractivity contribution in [2.24, 2.45) is 0 Å². The molecule has 0 spiro atoms. The molecule has 4 heteroatoms. The van der Waals surface area contributed by atoms with Gasteiger partial charge in [-0.1, -0.05) is 48.5 Å². The first-order chi connectivity index (χ1) is 10.1. The minimum atomic E-state index is -1.82. The Labute approximate surface area is 147 Å². The fourth-order valence-corrected chi connectivity index (χ4v) is 3.70. The van der Waals surface area contributed by atoms with E-state index in [1.165, 1.54) is 0 Å². The van der Waals surface area contributed by atoms with Crippen molar-refractivity contribution >= 4 is 16.6 Å². The van der Waals surface area contributed by atoms with Gasteiger partial charge >= 0.3 is 0 Å². The summed E-state index contributed by atoms with van der Waals surface area (Å²) in [7, 11) is -3.62. The highest BCUT2D eigenvalue weighted by molar-refractivity contribution is 6.74. The Kier molecular flexibility index (Phi) is 7.44. The minimum absolute atomic E-state index is 0.196. The number of allylic oxidation sites excluding steroid dienone is 3. The van der Waals surface area contributed by atoms with Crippen LogP contribution in [0.5, 0.6) is 0 Å². The Morgan fingerprint density at radius 2 is 1.22 bits per heavy atom. The van der Waals surface area contributed by atoms with Crippen molar-refractivity contribution in [2.45, 2.75) is 98.1 Å². The molecule has 0 aromatic carbocycles. The number of hydrogen-bond donors (Lipinski definition) is 0. The molecule has 0 aliphatic carbocycles. The van der Waals surface area contributed by atoms with Gasteiger partial charge in [0.05, 0.1) is 5.76 Å². The van der Waals surface area contributed by atoms with Crippen molar-refractivity contribution in [1.29, 1.82) is 0 Å². The van der Waals surface area contributed by atoms with Crippen molar-refractivity contribution in [3.63, 3.8) is 0 Å². The van der Waals surface area contributed by atoms with Crippen LogP contribution in [-0.2, 0) is 8.85 Å². The first-order valence-corrected chi connectivity index (χ1v) is 14.6. The van der Waals surface area contributed by atoms with E-state index in [1.54, 1.807) is 0 Å². The molecular formula is C19H40O2Si2. The van der Waals surface area contributed by atoms with Gasteiger partial charge in [0.1, 0.15) is 5.76 Å². The van der Waals surface area contributed by atoms with E-state index >= 15 is 0 Å². The summed E-state index contributed by atoms with van der Waals surface area (Å²) in [6.07, 6.45) is 5.07. The lowest BCUT2D eigenvalue weighted by Crippen LogP contribution is -2.41. The monoisotopic (exact) mass is 356 g/mol. The molecule has 0 rings (SSSR count). The van der Waals surface area contributed by atoms with Crippen LogP contribution in [0.1, 0.15) is 61.8 Å². The van der Waals surface area contributed by atoms with Crippen LogP contribution in [0.25, 0.3) is 0 Å². The second-order valence-electron chi connectivity index (χ2n) is 9.38. The highest BCUT2D eigenvalue weighted by Gasteiger charge is 2.40. The minimum Gasteiger partial charge on any atom is -0.546 e. The quantitative estimate of drug-likeness (QED) is 0.284. The molecule has 0 aromatic heterocycles. The van der Waals surface area contributed by atoms with Crippen molar-refractivity contribution in [1.82, 2.24) is 0 Å². The van der Waals surface area contributed by atoms with Gasteiger partial charge < -0.3 is 8.85 Å². The molecule has 0 fully saturated rings. The first-order valence-electron chi connectivity index (χ1n) is 8.82. The van der Waals surface area contributed by atoms with E-state index in [4.69, 9.17) is 8.85 Å². The van der Waals surface area contributed by atoms with Gasteiger partial charge in [-0.25, -0.2) is 0 Å². The maximum Gasteiger partial charge on any atom is 0.250 e. The number of rotatable bonds is 6. The molecule has 0 atom stereocenters. The van der Waals surface area contributed by atoms with Crippen molar-refractivity contribution in [2.75, 3.05) is 0 Å². The van der Waals surface area contributed by atoms with Crippen LogP contribution in [0.15, 0.2) is 23.7 Å². The summed E-state index contributed by atoms with van der Waals surface area (Å²) in [4.78, 5) is 0. The van der Waals surface area contributed by atoms with Crippen LogP contribution in [-0.4, -0.2) is 16.6 Å². The van der Waals surface area contributed by atoms with Gasteiger partial charge in [-0.15, -0.1) is 0 Å². The summed E-state index contributed by atoms with van der Waals surface area (Å²) in [6.45, 7) is 27.0. The third-order valence-electron chi connectivity index (χ3n) is 5.31. The lowest BCUT2D eigenvalue weighted by molar-refractivity contribution is 0.358. The first kappa shape index (κ1) is 22.5. The second kappa shape index (κ2) is 7.60. The summed E-state index contributed by atoms with van der Waals surface area (Å²) < 4.78 is 12.9. The van der Waals surface area contributed by atoms with Crippen LogP contribution in [0.4, 0.5) is 0 Å². The Balaban J connectivity index is 5.38. The summed E-state index contributed by atoms with van der Waals surface area (Å²) >= 11 is 0. The van der Waals surface area contributed by atoms with Crippen LogP contribution < -0.4 is 0 Å². The van der Waals surface area contributed by atoms with Gasteiger partial charge in [0.25, 0.3) is 0 Å². The molecule has 0 N–H and O–H groups in total. The molecule has 0 amide bonds. The highest BCUT2D eigenvalue weighted by Crippen LogP contribution is 2.40. The molecule has 0 aliphatic rings. The molecule has 2 nitrogen and oxygen atoms in total. The Bertz CT molecular complexity index is 447. The third-order valence-corrected chi connectivity index (χ3v) is 14.1. The van der Waals surface area contributed by atoms with Crippen LogP contribution in [0.2, 0.25) is 36.3 Å². The molecule has 0 heterocycles. The molecular weight excluding hydrogens is 316 g/mol. The molecule has 23 heavy (non-hydrogen) atoms. The molecule has 136 valence electrons. The van der Waals surface area contributed by atoms with Gasteiger partial charge in [0, 0.05) is 12.5 Å². The smallest absolute Gasteiger partial charge is 0.250 e. The fourth-order valence-electron chi connectivity index (χ4n) is 1.46. The maximum absolute atomic E-state index is 6.48. The van der Waals surface area contributed by atoms with E-state index in [9.17, 15) is 0 Å². The largest absolute Gasteiger partial charge is 0.546 e. The maximum atomic E-state index is 6.48. The lowest BCUT2D eigenvalue weighted by atomic mass is 10.2. The zero-order valence-corrected chi connectivity index (χ0v) is 19.7. The summed E-state index contributed by atoms with van der Waals surface area (Å²) in [5.74, 6) is 2.00. The second-order valence-corrected chi connectivity index (χ2v) is 18.8. The van der Waals surface area contributed by atoms with Gasteiger partial charge in [0.15, 0.2) is 0 Å². The van der Waals surface area contributed by atoms with E-state index in [-0.39, 0.29) is 10.1 Å². The number of hydrogen-bond acceptors (Lipinski definition) is 2. The lowest BCUT2D eigenvalue weighted by Gasteiger charge is -2.38. The van der Waals surface area contributed by atoms with Gasteiger partial charge in [-0.2, -0.15) is 0 Å². The third kappa shape index (κ3) is 6.50. The van der Waals surface area contributed by atoms with E-state index in [1.807, 2.05) is 6.92 Å². The Morgan fingerprint density at radius 1 is 0.826 bits per heavy atom. The SMILES string of the molecule is C/C=C(/C=C(/CC)O[Si](C)(C)C(C)(C)C)O[Si](C)(C)C(C)(C)C. The molecule has 0 aliphatic heterocycles. The zero-order chi connectivity index (χ0) is 18.7. The topological polar surface area (TPSA) is 18.5 Å². The Morgan fingerprint density at radius 3 is 1.52 bits per heavy atom. The predicted molar refractivity (Wildman–Crippen MR) is 109 cm³/mol. The van der Waals surface area contributed by atoms with Crippen molar-refractivity contribution in [3.05, 3.63) is 23.7 Å². The molecule has 0 saturated heterocycles. The standard InChI is InChI=1S/C19H40O2Si2/c1-13-16(20-22(9,10)18(3,4)5)15-17(14-2)21-23(11,12)19(6,7)8/h13,15H,14H2,1-12H3/b16-13-,17-15-. The average molecular weight is 357 g/mol. The predicted octanol–water partition coefficient (Wildman–Crippen LogP) is 7.23. The van der Waals surface area contributed by atoms with E-state index in [0.717, 1.165) is 17.9 Å². The molecule has 0 radical (unpaired) electrons. The molecule has 0 bridgehead atoms. The van der Waals surface area contributed by atoms with Crippen LogP contribution >= 0.6 is 0 Å². The molecule has 0 unspecified atom stereocenters. The zero-order valence-electron chi connectivity index (χ0n) is 17.7. The summed E-state index contributed by atoms with van der Waals surface area (Å²) in [6, 6.07) is 0. The highest BCUT2D eigenvalue weighted by atomic mass is 28.4. The van der Waals surface area contributed by atoms with Crippen molar-refractivity contribution < 1.29 is 8.85 Å². The van der Waals surface area contributed by atoms with Crippen LogP contribution in [0, 0.1) is 0 Å². The van der Waals surface area contributed by atoms with E-state index in [2.05, 4.69) is 86.8 Å². The summed E-state index contributed by atoms with van der Waals surface area (Å²) in [5.41, 5.74) is 0. The van der Waals surface area contributed by atoms with Gasteiger partial charge in [-0.3, -0.25) is 0 Å². The fraction of sp³-hybridized carbons (Fsp3) is 0.789. The normalized spacial score (nSPS) is 15.7. The average Bonchev–Trinajstić information content (AvgIpc) is 2.33. The van der Waals surface area contributed by atoms with E-state index in [0.29, 0.717) is 0 Å². The van der Waals surface area contributed by atoms with Crippen LogP contribution in [0.3, 0.4) is 0 Å². The van der Waals surface area contributed by atoms with E-state index < -0.39 is 16.6 Å². The van der Waals surface area contributed by atoms with Gasteiger partial charge in [0.2, 0.25) is 16.6 Å². The molecule has 0 aromatic rings. The summed E-state index contributed by atoms with van der Waals surface area (Å²) in [5, 5.41) is 0.402. The van der Waals surface area contributed by atoms with Crippen molar-refractivity contribution in [3.8, 4) is 0 Å². The van der Waals surface area contributed by atoms with Gasteiger partial charge in [-0.05, 0) is 49.3 Å².